The Morgan fingerprint density at radius 1 is 1.16 bits per heavy atom. The van der Waals surface area contributed by atoms with Crippen molar-refractivity contribution in [2.24, 2.45) is 5.92 Å². The van der Waals surface area contributed by atoms with E-state index < -0.39 is 0 Å². The van der Waals surface area contributed by atoms with Crippen LogP contribution in [0.2, 0.25) is 5.02 Å². The molecule has 3 nitrogen and oxygen atoms in total. The molecule has 0 bridgehead atoms. The summed E-state index contributed by atoms with van der Waals surface area (Å²) in [5, 5.41) is 10.2. The molecule has 0 aromatic heterocycles. The summed E-state index contributed by atoms with van der Waals surface area (Å²) in [6.45, 7) is 5.54. The Labute approximate surface area is 119 Å². The minimum Gasteiger partial charge on any atom is -0.392 e. The molecule has 1 saturated carbocycles. The predicted octanol–water partition coefficient (Wildman–Crippen LogP) is 2.36. The van der Waals surface area contributed by atoms with Crippen molar-refractivity contribution < 1.29 is 5.11 Å². The van der Waals surface area contributed by atoms with E-state index in [4.69, 9.17) is 11.6 Å². The van der Waals surface area contributed by atoms with Crippen LogP contribution >= 0.6 is 11.6 Å². The van der Waals surface area contributed by atoms with E-state index in [1.807, 2.05) is 18.2 Å². The highest BCUT2D eigenvalue weighted by molar-refractivity contribution is 6.33. The minimum absolute atomic E-state index is 0.0538. The normalized spacial score (nSPS) is 20.8. The average Bonchev–Trinajstić information content (AvgIpc) is 3.23. The minimum atomic E-state index is 0.0538. The van der Waals surface area contributed by atoms with Gasteiger partial charge in [-0.2, -0.15) is 0 Å². The van der Waals surface area contributed by atoms with Gasteiger partial charge >= 0.3 is 0 Å². The second kappa shape index (κ2) is 5.70. The molecule has 2 fully saturated rings. The zero-order chi connectivity index (χ0) is 13.2. The molecule has 0 radical (unpaired) electrons. The predicted molar refractivity (Wildman–Crippen MR) is 78.8 cm³/mol. The molecule has 3 rings (SSSR count). The Morgan fingerprint density at radius 2 is 1.89 bits per heavy atom. The number of anilines is 1. The van der Waals surface area contributed by atoms with Crippen molar-refractivity contribution >= 4 is 17.3 Å². The van der Waals surface area contributed by atoms with E-state index in [0.717, 1.165) is 48.4 Å². The highest BCUT2D eigenvalue weighted by Crippen LogP contribution is 2.32. The van der Waals surface area contributed by atoms with Gasteiger partial charge in [0.15, 0.2) is 0 Å². The molecule has 1 aliphatic heterocycles. The van der Waals surface area contributed by atoms with E-state index in [9.17, 15) is 5.11 Å². The molecule has 0 atom stereocenters. The van der Waals surface area contributed by atoms with Crippen molar-refractivity contribution in [3.8, 4) is 0 Å². The largest absolute Gasteiger partial charge is 0.392 e. The maximum absolute atomic E-state index is 9.46. The first-order chi connectivity index (χ1) is 9.28. The molecule has 19 heavy (non-hydrogen) atoms. The molecule has 1 heterocycles. The lowest BCUT2D eigenvalue weighted by atomic mass is 10.1. The van der Waals surface area contributed by atoms with Crippen molar-refractivity contribution in [3.05, 3.63) is 28.8 Å². The van der Waals surface area contributed by atoms with Crippen molar-refractivity contribution in [2.45, 2.75) is 19.4 Å². The number of para-hydroxylation sites is 1. The Bertz CT molecular complexity index is 440. The Hall–Kier alpha value is -0.770. The lowest BCUT2D eigenvalue weighted by Gasteiger charge is -2.37. The SMILES string of the molecule is OCc1cccc(Cl)c1N1CCN(CC2CC2)CC1. The molecule has 0 unspecified atom stereocenters. The molecule has 1 saturated heterocycles. The molecule has 1 aromatic rings. The number of piperazine rings is 1. The third-order valence-electron chi connectivity index (χ3n) is 4.14. The second-order valence-electron chi connectivity index (χ2n) is 5.64. The molecule has 104 valence electrons. The number of aliphatic hydroxyl groups is 1. The molecule has 1 aromatic carbocycles. The smallest absolute Gasteiger partial charge is 0.0702 e. The van der Waals surface area contributed by atoms with Gasteiger partial charge in [-0.15, -0.1) is 0 Å². The van der Waals surface area contributed by atoms with Crippen LogP contribution in [-0.4, -0.2) is 42.7 Å². The van der Waals surface area contributed by atoms with Crippen LogP contribution in [0.25, 0.3) is 0 Å². The third kappa shape index (κ3) is 3.04. The molecule has 4 heteroatoms. The van der Waals surface area contributed by atoms with Crippen molar-refractivity contribution in [2.75, 3.05) is 37.6 Å². The molecule has 0 spiro atoms. The summed E-state index contributed by atoms with van der Waals surface area (Å²) in [6.07, 6.45) is 2.83. The van der Waals surface area contributed by atoms with Gasteiger partial charge in [-0.05, 0) is 24.8 Å². The summed E-state index contributed by atoms with van der Waals surface area (Å²) in [6, 6.07) is 5.77. The number of benzene rings is 1. The third-order valence-corrected chi connectivity index (χ3v) is 4.45. The van der Waals surface area contributed by atoms with Crippen LogP contribution in [0.4, 0.5) is 5.69 Å². The van der Waals surface area contributed by atoms with Gasteiger partial charge in [-0.1, -0.05) is 23.7 Å². The first-order valence-corrected chi connectivity index (χ1v) is 7.51. The van der Waals surface area contributed by atoms with Crippen molar-refractivity contribution in [3.63, 3.8) is 0 Å². The fraction of sp³-hybridized carbons (Fsp3) is 0.600. The Balaban J connectivity index is 1.67. The van der Waals surface area contributed by atoms with E-state index in [0.29, 0.717) is 0 Å². The molecular formula is C15H21ClN2O. The first-order valence-electron chi connectivity index (χ1n) is 7.13. The Kier molecular flexibility index (Phi) is 3.96. The average molecular weight is 281 g/mol. The zero-order valence-electron chi connectivity index (χ0n) is 11.2. The molecule has 0 amide bonds. The van der Waals surface area contributed by atoms with Gasteiger partial charge < -0.3 is 10.0 Å². The van der Waals surface area contributed by atoms with Crippen LogP contribution in [-0.2, 0) is 6.61 Å². The summed E-state index contributed by atoms with van der Waals surface area (Å²) in [7, 11) is 0. The summed E-state index contributed by atoms with van der Waals surface area (Å²) in [4.78, 5) is 4.88. The quantitative estimate of drug-likeness (QED) is 0.917. The van der Waals surface area contributed by atoms with E-state index in [1.165, 1.54) is 19.4 Å². The fourth-order valence-corrected chi connectivity index (χ4v) is 3.17. The maximum Gasteiger partial charge on any atom is 0.0702 e. The van der Waals surface area contributed by atoms with Gasteiger partial charge in [0, 0.05) is 38.3 Å². The van der Waals surface area contributed by atoms with E-state index in [2.05, 4.69) is 9.80 Å². The summed E-state index contributed by atoms with van der Waals surface area (Å²) < 4.78 is 0. The molecule has 1 aliphatic carbocycles. The van der Waals surface area contributed by atoms with Gasteiger partial charge in [0.1, 0.15) is 0 Å². The number of nitrogens with zero attached hydrogens (tertiary/aromatic N) is 2. The summed E-state index contributed by atoms with van der Waals surface area (Å²) in [5.74, 6) is 0.958. The standard InChI is InChI=1S/C15H21ClN2O/c16-14-3-1-2-13(11-19)15(14)18-8-6-17(7-9-18)10-12-4-5-12/h1-3,12,19H,4-11H2. The highest BCUT2D eigenvalue weighted by atomic mass is 35.5. The van der Waals surface area contributed by atoms with E-state index in [1.54, 1.807) is 0 Å². The zero-order valence-corrected chi connectivity index (χ0v) is 11.9. The topological polar surface area (TPSA) is 26.7 Å². The number of aliphatic hydroxyl groups excluding tert-OH is 1. The summed E-state index contributed by atoms with van der Waals surface area (Å²) >= 11 is 6.31. The van der Waals surface area contributed by atoms with Crippen molar-refractivity contribution in [1.29, 1.82) is 0 Å². The van der Waals surface area contributed by atoms with Gasteiger partial charge in [-0.25, -0.2) is 0 Å². The van der Waals surface area contributed by atoms with Gasteiger partial charge in [0.25, 0.3) is 0 Å². The van der Waals surface area contributed by atoms with Crippen LogP contribution in [0.5, 0.6) is 0 Å². The summed E-state index contributed by atoms with van der Waals surface area (Å²) in [5.41, 5.74) is 1.96. The lowest BCUT2D eigenvalue weighted by molar-refractivity contribution is 0.246. The fourth-order valence-electron chi connectivity index (χ4n) is 2.86. The maximum atomic E-state index is 9.46. The molecule has 2 aliphatic rings. The van der Waals surface area contributed by atoms with Crippen LogP contribution in [0.3, 0.4) is 0 Å². The molecule has 1 N–H and O–H groups in total. The first kappa shape index (κ1) is 13.2. The Morgan fingerprint density at radius 3 is 2.53 bits per heavy atom. The lowest BCUT2D eigenvalue weighted by Crippen LogP contribution is -2.47. The number of hydrogen-bond acceptors (Lipinski definition) is 3. The van der Waals surface area contributed by atoms with Gasteiger partial charge in [-0.3, -0.25) is 4.90 Å². The van der Waals surface area contributed by atoms with Crippen molar-refractivity contribution in [1.82, 2.24) is 4.90 Å². The number of hydrogen-bond donors (Lipinski definition) is 1. The monoisotopic (exact) mass is 280 g/mol. The van der Waals surface area contributed by atoms with E-state index >= 15 is 0 Å². The van der Waals surface area contributed by atoms with Gasteiger partial charge in [0.05, 0.1) is 17.3 Å². The molecular weight excluding hydrogens is 260 g/mol. The van der Waals surface area contributed by atoms with Crippen LogP contribution in [0, 0.1) is 5.92 Å². The number of rotatable bonds is 4. The van der Waals surface area contributed by atoms with Crippen LogP contribution in [0.15, 0.2) is 18.2 Å². The van der Waals surface area contributed by atoms with Gasteiger partial charge in [0.2, 0.25) is 0 Å². The van der Waals surface area contributed by atoms with E-state index in [-0.39, 0.29) is 6.61 Å². The van der Waals surface area contributed by atoms with Crippen LogP contribution < -0.4 is 4.90 Å². The number of halogens is 1. The van der Waals surface area contributed by atoms with Crippen LogP contribution in [0.1, 0.15) is 18.4 Å². The second-order valence-corrected chi connectivity index (χ2v) is 6.04. The highest BCUT2D eigenvalue weighted by Gasteiger charge is 2.27.